The molecule has 3 amide bonds. The van der Waals surface area contributed by atoms with Crippen LogP contribution in [0.1, 0.15) is 26.2 Å². The van der Waals surface area contributed by atoms with Gasteiger partial charge in [0.15, 0.2) is 0 Å². The fourth-order valence-corrected chi connectivity index (χ4v) is 2.24. The minimum atomic E-state index is -0.822. The molecule has 1 saturated carbocycles. The summed E-state index contributed by atoms with van der Waals surface area (Å²) in [6, 6.07) is -0.440. The Kier molecular flexibility index (Phi) is 4.22. The van der Waals surface area contributed by atoms with Crippen molar-refractivity contribution in [2.24, 2.45) is 11.8 Å². The molecular formula is C11H18N2O4. The van der Waals surface area contributed by atoms with Gasteiger partial charge in [-0.05, 0) is 25.2 Å². The molecule has 3 N–H and O–H groups in total. The predicted octanol–water partition coefficient (Wildman–Crippen LogP) is -0.192. The molecule has 2 atom stereocenters. The number of carbonyl (C=O) groups excluding carboxylic acids is 3. The number of hydrogen-bond acceptors (Lipinski definition) is 4. The molecule has 96 valence electrons. The van der Waals surface area contributed by atoms with Crippen LogP contribution in [-0.4, -0.2) is 36.0 Å². The summed E-state index contributed by atoms with van der Waals surface area (Å²) in [6.45, 7) is 1.76. The molecule has 6 nitrogen and oxygen atoms in total. The first-order valence-corrected chi connectivity index (χ1v) is 5.62. The second-order valence-electron chi connectivity index (χ2n) is 4.47. The Morgan fingerprint density at radius 3 is 2.41 bits per heavy atom. The summed E-state index contributed by atoms with van der Waals surface area (Å²) in [6.07, 6.45) is 3.11. The number of aliphatic hydroxyl groups excluding tert-OH is 1. The molecule has 1 aliphatic carbocycles. The fourth-order valence-electron chi connectivity index (χ4n) is 2.24. The van der Waals surface area contributed by atoms with Gasteiger partial charge in [0, 0.05) is 13.0 Å². The van der Waals surface area contributed by atoms with E-state index >= 15 is 0 Å². The molecule has 0 aromatic carbocycles. The number of nitrogens with one attached hydrogen (secondary N) is 2. The Labute approximate surface area is 99.8 Å². The number of rotatable bonds is 4. The van der Waals surface area contributed by atoms with Crippen LogP contribution in [0.4, 0.5) is 4.79 Å². The van der Waals surface area contributed by atoms with Gasteiger partial charge in [0.2, 0.25) is 0 Å². The van der Waals surface area contributed by atoms with Crippen LogP contribution in [0, 0.1) is 11.8 Å². The topological polar surface area (TPSA) is 95.5 Å². The van der Waals surface area contributed by atoms with E-state index in [-0.39, 0.29) is 17.7 Å². The van der Waals surface area contributed by atoms with Gasteiger partial charge in [0.25, 0.3) is 5.91 Å². The SMILES string of the molecule is CC(C=O)CC1(C2CC2)NC(=O)NC1=O.CO. The van der Waals surface area contributed by atoms with Crippen molar-refractivity contribution >= 4 is 18.2 Å². The zero-order valence-electron chi connectivity index (χ0n) is 10.0. The summed E-state index contributed by atoms with van der Waals surface area (Å²) in [5.74, 6) is -0.287. The molecule has 2 aliphatic rings. The smallest absolute Gasteiger partial charge is 0.322 e. The summed E-state index contributed by atoms with van der Waals surface area (Å²) in [5, 5.41) is 11.9. The van der Waals surface area contributed by atoms with Crippen molar-refractivity contribution in [3.63, 3.8) is 0 Å². The third-order valence-electron chi connectivity index (χ3n) is 3.12. The first-order valence-electron chi connectivity index (χ1n) is 5.62. The van der Waals surface area contributed by atoms with Crippen molar-refractivity contribution in [2.75, 3.05) is 7.11 Å². The number of imide groups is 1. The van der Waals surface area contributed by atoms with Crippen molar-refractivity contribution in [1.29, 1.82) is 0 Å². The van der Waals surface area contributed by atoms with E-state index in [4.69, 9.17) is 5.11 Å². The Morgan fingerprint density at radius 1 is 1.47 bits per heavy atom. The van der Waals surface area contributed by atoms with Crippen LogP contribution in [0.25, 0.3) is 0 Å². The molecule has 0 radical (unpaired) electrons. The lowest BCUT2D eigenvalue weighted by Crippen LogP contribution is -2.50. The number of aldehydes is 1. The predicted molar refractivity (Wildman–Crippen MR) is 60.1 cm³/mol. The minimum absolute atomic E-state index is 0.200. The molecule has 2 fully saturated rings. The zero-order chi connectivity index (χ0) is 13.1. The third-order valence-corrected chi connectivity index (χ3v) is 3.12. The standard InChI is InChI=1S/C10H14N2O3.CH4O/c1-6(5-13)4-10(7-2-3-7)8(14)11-9(15)12-10;1-2/h5-7H,2-4H2,1H3,(H2,11,12,14,15);2H,1H3. The molecule has 2 rings (SSSR count). The van der Waals surface area contributed by atoms with Gasteiger partial charge in [0.05, 0.1) is 0 Å². The highest BCUT2D eigenvalue weighted by Gasteiger charge is 2.56. The molecule has 0 spiro atoms. The first-order chi connectivity index (χ1) is 8.08. The Hall–Kier alpha value is -1.43. The minimum Gasteiger partial charge on any atom is -0.400 e. The van der Waals surface area contributed by atoms with E-state index in [1.807, 2.05) is 0 Å². The summed E-state index contributed by atoms with van der Waals surface area (Å²) in [4.78, 5) is 33.5. The summed E-state index contributed by atoms with van der Waals surface area (Å²) < 4.78 is 0. The van der Waals surface area contributed by atoms with Crippen molar-refractivity contribution < 1.29 is 19.5 Å². The Balaban J connectivity index is 0.000000686. The summed E-state index contributed by atoms with van der Waals surface area (Å²) >= 11 is 0. The average Bonchev–Trinajstić information content (AvgIpc) is 3.10. The molecule has 1 aliphatic heterocycles. The number of urea groups is 1. The van der Waals surface area contributed by atoms with E-state index in [0.29, 0.717) is 6.42 Å². The quantitative estimate of drug-likeness (QED) is 0.470. The van der Waals surface area contributed by atoms with Crippen LogP contribution in [0.2, 0.25) is 0 Å². The number of aliphatic hydroxyl groups is 1. The lowest BCUT2D eigenvalue weighted by Gasteiger charge is -2.27. The highest BCUT2D eigenvalue weighted by Crippen LogP contribution is 2.44. The molecule has 1 saturated heterocycles. The molecule has 17 heavy (non-hydrogen) atoms. The molecular weight excluding hydrogens is 224 g/mol. The Morgan fingerprint density at radius 2 is 2.06 bits per heavy atom. The van der Waals surface area contributed by atoms with Gasteiger partial charge >= 0.3 is 6.03 Å². The van der Waals surface area contributed by atoms with E-state index in [2.05, 4.69) is 10.6 Å². The van der Waals surface area contributed by atoms with Gasteiger partial charge in [0.1, 0.15) is 11.8 Å². The maximum atomic E-state index is 11.7. The molecule has 0 bridgehead atoms. The molecule has 0 aromatic heterocycles. The van der Waals surface area contributed by atoms with Crippen molar-refractivity contribution in [1.82, 2.24) is 10.6 Å². The normalized spacial score (nSPS) is 28.6. The van der Waals surface area contributed by atoms with E-state index in [0.717, 1.165) is 26.2 Å². The summed E-state index contributed by atoms with van der Waals surface area (Å²) in [5.41, 5.74) is -0.822. The molecule has 1 heterocycles. The monoisotopic (exact) mass is 242 g/mol. The van der Waals surface area contributed by atoms with Crippen LogP contribution < -0.4 is 10.6 Å². The van der Waals surface area contributed by atoms with Gasteiger partial charge in [-0.25, -0.2) is 4.79 Å². The highest BCUT2D eigenvalue weighted by atomic mass is 16.2. The second kappa shape index (κ2) is 5.27. The third kappa shape index (κ3) is 2.63. The largest absolute Gasteiger partial charge is 0.400 e. The fraction of sp³-hybridized carbons (Fsp3) is 0.727. The van der Waals surface area contributed by atoms with Crippen molar-refractivity contribution in [2.45, 2.75) is 31.7 Å². The molecule has 0 aromatic rings. The van der Waals surface area contributed by atoms with Crippen molar-refractivity contribution in [3.8, 4) is 0 Å². The van der Waals surface area contributed by atoms with Crippen LogP contribution in [0.3, 0.4) is 0 Å². The van der Waals surface area contributed by atoms with Crippen LogP contribution in [0.15, 0.2) is 0 Å². The lowest BCUT2D eigenvalue weighted by atomic mass is 9.84. The average molecular weight is 242 g/mol. The van der Waals surface area contributed by atoms with E-state index in [1.165, 1.54) is 0 Å². The maximum absolute atomic E-state index is 11.7. The van der Waals surface area contributed by atoms with Gasteiger partial charge in [-0.1, -0.05) is 6.92 Å². The van der Waals surface area contributed by atoms with E-state index in [9.17, 15) is 14.4 Å². The van der Waals surface area contributed by atoms with Crippen molar-refractivity contribution in [3.05, 3.63) is 0 Å². The van der Waals surface area contributed by atoms with Crippen LogP contribution >= 0.6 is 0 Å². The van der Waals surface area contributed by atoms with Gasteiger partial charge in [-0.15, -0.1) is 0 Å². The van der Waals surface area contributed by atoms with E-state index < -0.39 is 11.6 Å². The van der Waals surface area contributed by atoms with Gasteiger partial charge in [-0.2, -0.15) is 0 Å². The Bertz CT molecular complexity index is 327. The zero-order valence-corrected chi connectivity index (χ0v) is 10.0. The molecule has 2 unspecified atom stereocenters. The number of amides is 3. The van der Waals surface area contributed by atoms with Gasteiger partial charge in [-0.3, -0.25) is 10.1 Å². The van der Waals surface area contributed by atoms with Gasteiger partial charge < -0.3 is 15.2 Å². The highest BCUT2D eigenvalue weighted by molar-refractivity contribution is 6.07. The number of carbonyl (C=O) groups is 3. The van der Waals surface area contributed by atoms with Crippen LogP contribution in [-0.2, 0) is 9.59 Å². The van der Waals surface area contributed by atoms with E-state index in [1.54, 1.807) is 6.92 Å². The number of hydrogen-bond donors (Lipinski definition) is 3. The van der Waals surface area contributed by atoms with Crippen LogP contribution in [0.5, 0.6) is 0 Å². The maximum Gasteiger partial charge on any atom is 0.322 e. The molecule has 6 heteroatoms. The summed E-state index contributed by atoms with van der Waals surface area (Å²) in [7, 11) is 1.00. The second-order valence-corrected chi connectivity index (χ2v) is 4.47. The lowest BCUT2D eigenvalue weighted by molar-refractivity contribution is -0.125. The first kappa shape index (κ1) is 13.6.